The monoisotopic (exact) mass is 687 g/mol. The molecule has 2 amide bonds. The van der Waals surface area contributed by atoms with Gasteiger partial charge in [0, 0.05) is 20.2 Å². The molecule has 39 heavy (non-hydrogen) atoms. The van der Waals surface area contributed by atoms with E-state index in [0.29, 0.717) is 37.1 Å². The molecule has 3 unspecified atom stereocenters. The first-order chi connectivity index (χ1) is 18.2. The first-order valence-corrected chi connectivity index (χ1v) is 14.3. The van der Waals surface area contributed by atoms with E-state index in [4.69, 9.17) is 17.3 Å². The molecule has 1 heterocycles. The number of hydrogen-bond acceptors (Lipinski definition) is 4. The number of nitrogens with zero attached hydrogens (tertiary/aromatic N) is 1. The van der Waals surface area contributed by atoms with E-state index in [0.717, 1.165) is 0 Å². The highest BCUT2D eigenvalue weighted by atomic mass is 127. The van der Waals surface area contributed by atoms with Gasteiger partial charge in [-0.05, 0) is 72.2 Å². The zero-order chi connectivity index (χ0) is 28.8. The van der Waals surface area contributed by atoms with Crippen LogP contribution in [0.25, 0.3) is 0 Å². The molecule has 5 nitrogen and oxygen atoms in total. The van der Waals surface area contributed by atoms with Gasteiger partial charge in [0.25, 0.3) is 0 Å². The van der Waals surface area contributed by atoms with Gasteiger partial charge in [-0.3, -0.25) is 14.6 Å². The number of allylic oxidation sites excluding steroid dienone is 2. The summed E-state index contributed by atoms with van der Waals surface area (Å²) < 4.78 is 42.4. The molecule has 1 aliphatic heterocycles. The van der Waals surface area contributed by atoms with Crippen molar-refractivity contribution in [1.29, 1.82) is 0 Å². The molecule has 3 N–H and O–H groups in total. The maximum atomic E-state index is 14.7. The van der Waals surface area contributed by atoms with E-state index in [1.54, 1.807) is 63.3 Å². The molecule has 4 rings (SSSR count). The third-order valence-electron chi connectivity index (χ3n) is 6.85. The summed E-state index contributed by atoms with van der Waals surface area (Å²) in [4.78, 5) is 30.7. The van der Waals surface area contributed by atoms with Crippen LogP contribution in [0.3, 0.4) is 0 Å². The molecule has 0 aromatic heterocycles. The van der Waals surface area contributed by atoms with Gasteiger partial charge in [0.2, 0.25) is 11.8 Å². The summed E-state index contributed by atoms with van der Waals surface area (Å²) in [6.45, 7) is 4.73. The lowest BCUT2D eigenvalue weighted by atomic mass is 9.65. The van der Waals surface area contributed by atoms with E-state index in [-0.39, 0.29) is 16.6 Å². The summed E-state index contributed by atoms with van der Waals surface area (Å²) in [7, 11) is 0. The average molecular weight is 688 g/mol. The van der Waals surface area contributed by atoms with Crippen molar-refractivity contribution in [1.82, 2.24) is 5.32 Å². The molecule has 2 aromatic carbocycles. The number of amides is 2. The molecule has 0 bridgehead atoms. The first kappa shape index (κ1) is 29.7. The number of aliphatic imine (C=N–C) groups is 1. The molecule has 0 fully saturated rings. The Hall–Kier alpha value is -2.31. The van der Waals surface area contributed by atoms with Crippen LogP contribution in [0, 0.1) is 12.8 Å². The van der Waals surface area contributed by atoms with Crippen molar-refractivity contribution in [3.63, 3.8) is 0 Å². The lowest BCUT2D eigenvalue weighted by Crippen LogP contribution is -2.53. The van der Waals surface area contributed by atoms with Gasteiger partial charge in [-0.25, -0.2) is 0 Å². The Bertz CT molecular complexity index is 1410. The molecular formula is C28H26ClF3IN3O2S. The fourth-order valence-electron chi connectivity index (χ4n) is 5.00. The van der Waals surface area contributed by atoms with Gasteiger partial charge < -0.3 is 11.1 Å². The van der Waals surface area contributed by atoms with Crippen molar-refractivity contribution in [3.8, 4) is 0 Å². The summed E-state index contributed by atoms with van der Waals surface area (Å²) in [6.07, 6.45) is 0.303. The minimum Gasteiger partial charge on any atom is -0.369 e. The Labute approximate surface area is 247 Å². The summed E-state index contributed by atoms with van der Waals surface area (Å²) in [5.74, 6) is -2.13. The summed E-state index contributed by atoms with van der Waals surface area (Å²) in [6, 6.07) is 10.6. The minimum atomic E-state index is -4.63. The highest BCUT2D eigenvalue weighted by Crippen LogP contribution is 2.55. The molecule has 206 valence electrons. The molecule has 2 aromatic rings. The number of alkyl halides is 3. The van der Waals surface area contributed by atoms with Crippen LogP contribution >= 0.6 is 46.0 Å². The van der Waals surface area contributed by atoms with Crippen molar-refractivity contribution >= 4 is 62.8 Å². The highest BCUT2D eigenvalue weighted by Gasteiger charge is 2.60. The van der Waals surface area contributed by atoms with Crippen LogP contribution in [-0.2, 0) is 19.8 Å². The van der Waals surface area contributed by atoms with E-state index >= 15 is 0 Å². The Morgan fingerprint density at radius 3 is 2.44 bits per heavy atom. The highest BCUT2D eigenvalue weighted by molar-refractivity contribution is 14.1. The lowest BCUT2D eigenvalue weighted by Gasteiger charge is -2.39. The quantitative estimate of drug-likeness (QED) is 0.347. The van der Waals surface area contributed by atoms with Gasteiger partial charge in [-0.2, -0.15) is 13.2 Å². The maximum Gasteiger partial charge on any atom is 0.409 e. The Morgan fingerprint density at radius 1 is 1.21 bits per heavy atom. The van der Waals surface area contributed by atoms with Crippen molar-refractivity contribution < 1.29 is 22.8 Å². The number of benzene rings is 2. The van der Waals surface area contributed by atoms with Gasteiger partial charge in [0.1, 0.15) is 5.41 Å². The number of carbonyl (C=O) groups is 2. The number of primary amides is 1. The minimum absolute atomic E-state index is 0.00166. The smallest absolute Gasteiger partial charge is 0.369 e. The van der Waals surface area contributed by atoms with Crippen molar-refractivity contribution in [3.05, 3.63) is 91.5 Å². The topological polar surface area (TPSA) is 84.5 Å². The number of carbonyl (C=O) groups excluding carboxylic acids is 2. The molecular weight excluding hydrogens is 662 g/mol. The zero-order valence-corrected chi connectivity index (χ0v) is 25.0. The molecule has 0 saturated carbocycles. The third-order valence-corrected chi connectivity index (χ3v) is 9.59. The molecule has 2 aliphatic rings. The van der Waals surface area contributed by atoms with Gasteiger partial charge in [-0.15, -0.1) is 0 Å². The second-order valence-corrected chi connectivity index (χ2v) is 12.8. The molecule has 1 aliphatic carbocycles. The SMILES string of the molecule is Cc1cc(C2(C(F)(F)F)CN=C(c3ccc(Cl)cc3)S2)ccc1C1(C(N)=O)C=CC=C(I)C1C(=O)NC(C)C. The van der Waals surface area contributed by atoms with E-state index < -0.39 is 40.6 Å². The second kappa shape index (κ2) is 10.9. The molecule has 3 atom stereocenters. The Balaban J connectivity index is 1.80. The first-order valence-electron chi connectivity index (χ1n) is 12.1. The maximum absolute atomic E-state index is 14.7. The van der Waals surface area contributed by atoms with Crippen molar-refractivity contribution in [2.75, 3.05) is 6.54 Å². The van der Waals surface area contributed by atoms with Crippen LogP contribution < -0.4 is 11.1 Å². The van der Waals surface area contributed by atoms with E-state index in [2.05, 4.69) is 10.3 Å². The number of rotatable bonds is 6. The van der Waals surface area contributed by atoms with Gasteiger partial charge >= 0.3 is 6.18 Å². The fraction of sp³-hybridized carbons (Fsp3) is 0.321. The molecule has 0 saturated heterocycles. The Morgan fingerprint density at radius 2 is 1.87 bits per heavy atom. The lowest BCUT2D eigenvalue weighted by molar-refractivity contribution is -0.158. The summed E-state index contributed by atoms with van der Waals surface area (Å²) >= 11 is 8.59. The number of thioether (sulfide) groups is 1. The number of hydrogen-bond donors (Lipinski definition) is 2. The normalized spacial score (nSPS) is 24.9. The third kappa shape index (κ3) is 5.27. The van der Waals surface area contributed by atoms with Crippen LogP contribution in [0.15, 0.2) is 69.3 Å². The van der Waals surface area contributed by atoms with Crippen molar-refractivity contribution in [2.45, 2.75) is 43.2 Å². The van der Waals surface area contributed by atoms with Crippen LogP contribution in [0.1, 0.15) is 36.1 Å². The van der Waals surface area contributed by atoms with Crippen LogP contribution in [0.5, 0.6) is 0 Å². The number of nitrogens with two attached hydrogens (primary N) is 1. The average Bonchev–Trinajstić information content (AvgIpc) is 3.30. The van der Waals surface area contributed by atoms with Crippen LogP contribution in [0.2, 0.25) is 5.02 Å². The number of aryl methyl sites for hydroxylation is 1. The molecule has 0 radical (unpaired) electrons. The van der Waals surface area contributed by atoms with Crippen molar-refractivity contribution in [2.24, 2.45) is 16.6 Å². The Kier molecular flexibility index (Phi) is 8.31. The second-order valence-electron chi connectivity index (χ2n) is 9.83. The number of nitrogens with one attached hydrogen (secondary N) is 1. The fourth-order valence-corrected chi connectivity index (χ4v) is 7.31. The van der Waals surface area contributed by atoms with E-state index in [9.17, 15) is 22.8 Å². The summed E-state index contributed by atoms with van der Waals surface area (Å²) in [5.41, 5.74) is 5.72. The number of halogens is 5. The van der Waals surface area contributed by atoms with Crippen LogP contribution in [-0.4, -0.2) is 35.6 Å². The predicted molar refractivity (Wildman–Crippen MR) is 158 cm³/mol. The molecule has 11 heteroatoms. The largest absolute Gasteiger partial charge is 0.409 e. The van der Waals surface area contributed by atoms with E-state index in [1.165, 1.54) is 18.2 Å². The predicted octanol–water partition coefficient (Wildman–Crippen LogP) is 6.35. The standard InChI is InChI=1S/C28H26ClF3IN3O2S/c1-15(2)36-23(37)22-21(33)5-4-12-26(22,25(34)38)20-11-8-18(13-16(20)3)27(28(30,31)32)14-35-24(39-27)17-6-9-19(29)10-7-17/h4-13,15,22H,14H2,1-3H3,(H2,34,38)(H,36,37). The van der Waals surface area contributed by atoms with Gasteiger partial charge in [0.15, 0.2) is 4.75 Å². The van der Waals surface area contributed by atoms with Gasteiger partial charge in [-0.1, -0.05) is 71.9 Å². The molecule has 0 spiro atoms. The van der Waals surface area contributed by atoms with Gasteiger partial charge in [0.05, 0.1) is 17.5 Å². The zero-order valence-electron chi connectivity index (χ0n) is 21.3. The van der Waals surface area contributed by atoms with Crippen LogP contribution in [0.4, 0.5) is 13.2 Å². The summed E-state index contributed by atoms with van der Waals surface area (Å²) in [5, 5.41) is 3.58. The van der Waals surface area contributed by atoms with E-state index in [1.807, 2.05) is 22.6 Å².